The van der Waals surface area contributed by atoms with Crippen LogP contribution in [0.1, 0.15) is 96.8 Å². The number of amides is 2. The van der Waals surface area contributed by atoms with Gasteiger partial charge in [0, 0.05) is 6.42 Å². The topological polar surface area (TPSA) is 116 Å². The highest BCUT2D eigenvalue weighted by molar-refractivity contribution is 5.87. The lowest BCUT2D eigenvalue weighted by Gasteiger charge is -2.12. The molecule has 4 N–H and O–H groups in total. The Bertz CT molecular complexity index is 494. The Labute approximate surface area is 181 Å². The number of rotatable bonds is 20. The number of nitrogens with one attached hydrogen (secondary N) is 2. The maximum absolute atomic E-state index is 11.7. The lowest BCUT2D eigenvalue weighted by molar-refractivity contribution is -0.142. The predicted octanol–water partition coefficient (Wildman–Crippen LogP) is 3.70. The predicted molar refractivity (Wildman–Crippen MR) is 119 cm³/mol. The van der Waals surface area contributed by atoms with E-state index in [-0.39, 0.29) is 12.5 Å². The third-order valence-corrected chi connectivity index (χ3v) is 4.93. The molecule has 7 nitrogen and oxygen atoms in total. The molecule has 0 rings (SSSR count). The molecule has 0 saturated carbocycles. The molecule has 0 spiro atoms. The van der Waals surface area contributed by atoms with Crippen LogP contribution in [0.3, 0.4) is 0 Å². The van der Waals surface area contributed by atoms with Gasteiger partial charge in [0.25, 0.3) is 0 Å². The van der Waals surface area contributed by atoms with E-state index in [1.54, 1.807) is 0 Å². The van der Waals surface area contributed by atoms with Crippen molar-refractivity contribution < 1.29 is 24.6 Å². The third kappa shape index (κ3) is 18.2. The number of carboxylic acids is 1. The van der Waals surface area contributed by atoms with E-state index in [0.29, 0.717) is 6.42 Å². The first-order valence-corrected chi connectivity index (χ1v) is 11.6. The summed E-state index contributed by atoms with van der Waals surface area (Å²) in [5.74, 6) is -2.17. The number of hydrogen-bond donors (Lipinski definition) is 4. The van der Waals surface area contributed by atoms with Crippen LogP contribution in [0.4, 0.5) is 0 Å². The number of aliphatic hydroxyl groups is 1. The molecule has 2 amide bonds. The van der Waals surface area contributed by atoms with E-state index < -0.39 is 24.5 Å². The largest absolute Gasteiger partial charge is 0.480 e. The van der Waals surface area contributed by atoms with E-state index in [2.05, 4.69) is 29.7 Å². The SMILES string of the molecule is CCCCCCCCC=CCCCCCCCC(=O)NCC(=O)N[C@@H](CO)C(=O)O. The van der Waals surface area contributed by atoms with Crippen molar-refractivity contribution in [2.24, 2.45) is 0 Å². The second-order valence-corrected chi connectivity index (χ2v) is 7.75. The minimum Gasteiger partial charge on any atom is -0.480 e. The van der Waals surface area contributed by atoms with E-state index >= 15 is 0 Å². The van der Waals surface area contributed by atoms with Gasteiger partial charge in [-0.15, -0.1) is 0 Å². The Morgan fingerprint density at radius 1 is 0.800 bits per heavy atom. The van der Waals surface area contributed by atoms with Gasteiger partial charge >= 0.3 is 5.97 Å². The molecule has 0 aromatic rings. The van der Waals surface area contributed by atoms with Gasteiger partial charge in [0.15, 0.2) is 0 Å². The highest BCUT2D eigenvalue weighted by atomic mass is 16.4. The lowest BCUT2D eigenvalue weighted by Crippen LogP contribution is -2.47. The highest BCUT2D eigenvalue weighted by Crippen LogP contribution is 2.09. The number of allylic oxidation sites excluding steroid dienone is 2. The van der Waals surface area contributed by atoms with Crippen LogP contribution in [0.2, 0.25) is 0 Å². The standard InChI is InChI=1S/C23H42N2O5/c1-2-3-4-5-6-7-8-9-10-11-12-13-14-15-16-17-21(27)24-18-22(28)25-20(19-26)23(29)30/h9-10,20,26H,2-8,11-19H2,1H3,(H,24,27)(H,25,28)(H,29,30)/t20-/m0/s1. The zero-order valence-corrected chi connectivity index (χ0v) is 18.7. The molecule has 1 atom stereocenters. The van der Waals surface area contributed by atoms with Gasteiger partial charge in [-0.25, -0.2) is 4.79 Å². The van der Waals surface area contributed by atoms with Gasteiger partial charge in [0.1, 0.15) is 6.04 Å². The summed E-state index contributed by atoms with van der Waals surface area (Å²) in [4.78, 5) is 33.9. The molecule has 0 saturated heterocycles. The van der Waals surface area contributed by atoms with Gasteiger partial charge in [0.2, 0.25) is 11.8 Å². The fraction of sp³-hybridized carbons (Fsp3) is 0.783. The van der Waals surface area contributed by atoms with Gasteiger partial charge in [-0.05, 0) is 32.1 Å². The smallest absolute Gasteiger partial charge is 0.328 e. The fourth-order valence-electron chi connectivity index (χ4n) is 3.05. The summed E-state index contributed by atoms with van der Waals surface area (Å²) in [5, 5.41) is 22.2. The molecule has 0 aromatic heterocycles. The van der Waals surface area contributed by atoms with E-state index in [0.717, 1.165) is 32.1 Å². The average Bonchev–Trinajstić information content (AvgIpc) is 2.73. The van der Waals surface area contributed by atoms with Crippen LogP contribution in [0.5, 0.6) is 0 Å². The van der Waals surface area contributed by atoms with Crippen molar-refractivity contribution in [2.75, 3.05) is 13.2 Å². The van der Waals surface area contributed by atoms with Gasteiger partial charge < -0.3 is 20.8 Å². The van der Waals surface area contributed by atoms with Crippen LogP contribution in [0.15, 0.2) is 12.2 Å². The van der Waals surface area contributed by atoms with Gasteiger partial charge in [0.05, 0.1) is 13.2 Å². The van der Waals surface area contributed by atoms with Crippen LogP contribution < -0.4 is 10.6 Å². The van der Waals surface area contributed by atoms with Crippen molar-refractivity contribution in [2.45, 2.75) is 103 Å². The van der Waals surface area contributed by atoms with E-state index in [1.807, 2.05) is 0 Å². The first kappa shape index (κ1) is 28.1. The average molecular weight is 427 g/mol. The second-order valence-electron chi connectivity index (χ2n) is 7.75. The summed E-state index contributed by atoms with van der Waals surface area (Å²) in [6.45, 7) is 1.27. The van der Waals surface area contributed by atoms with Gasteiger partial charge in [-0.2, -0.15) is 0 Å². The Balaban J connectivity index is 3.47. The number of aliphatic hydroxyl groups excluding tert-OH is 1. The number of carbonyl (C=O) groups is 3. The maximum atomic E-state index is 11.7. The molecule has 174 valence electrons. The first-order chi connectivity index (χ1) is 14.5. The second kappa shape index (κ2) is 20.4. The van der Waals surface area contributed by atoms with Crippen molar-refractivity contribution >= 4 is 17.8 Å². The molecule has 0 aromatic carbocycles. The molecule has 0 aliphatic rings. The van der Waals surface area contributed by atoms with Crippen LogP contribution in [-0.4, -0.2) is 47.2 Å². The van der Waals surface area contributed by atoms with Crippen LogP contribution in [0, 0.1) is 0 Å². The van der Waals surface area contributed by atoms with Crippen LogP contribution >= 0.6 is 0 Å². The van der Waals surface area contributed by atoms with E-state index in [1.165, 1.54) is 51.4 Å². The maximum Gasteiger partial charge on any atom is 0.328 e. The molecule has 7 heteroatoms. The number of aliphatic carboxylic acids is 1. The monoisotopic (exact) mass is 426 g/mol. The molecule has 30 heavy (non-hydrogen) atoms. The Hall–Kier alpha value is -1.89. The summed E-state index contributed by atoms with van der Waals surface area (Å²) >= 11 is 0. The minimum atomic E-state index is -1.35. The van der Waals surface area contributed by atoms with E-state index in [9.17, 15) is 14.4 Å². The molecule has 0 aliphatic heterocycles. The van der Waals surface area contributed by atoms with Crippen molar-refractivity contribution in [3.05, 3.63) is 12.2 Å². The van der Waals surface area contributed by atoms with Crippen molar-refractivity contribution in [3.63, 3.8) is 0 Å². The Morgan fingerprint density at radius 2 is 1.33 bits per heavy atom. The summed E-state index contributed by atoms with van der Waals surface area (Å²) in [6, 6.07) is -1.35. The molecular weight excluding hydrogens is 384 g/mol. The molecular formula is C23H42N2O5. The van der Waals surface area contributed by atoms with Gasteiger partial charge in [-0.1, -0.05) is 70.4 Å². The highest BCUT2D eigenvalue weighted by Gasteiger charge is 2.18. The molecule has 0 unspecified atom stereocenters. The summed E-state index contributed by atoms with van der Waals surface area (Å²) in [6.07, 6.45) is 20.5. The quantitative estimate of drug-likeness (QED) is 0.175. The molecule has 0 fully saturated rings. The summed E-state index contributed by atoms with van der Waals surface area (Å²) < 4.78 is 0. The zero-order valence-electron chi connectivity index (χ0n) is 18.7. The third-order valence-electron chi connectivity index (χ3n) is 4.93. The Morgan fingerprint density at radius 3 is 1.87 bits per heavy atom. The van der Waals surface area contributed by atoms with Crippen LogP contribution in [-0.2, 0) is 14.4 Å². The summed E-state index contributed by atoms with van der Waals surface area (Å²) in [5.41, 5.74) is 0. The van der Waals surface area contributed by atoms with Gasteiger partial charge in [-0.3, -0.25) is 9.59 Å². The molecule has 0 radical (unpaired) electrons. The van der Waals surface area contributed by atoms with E-state index in [4.69, 9.17) is 10.2 Å². The zero-order chi connectivity index (χ0) is 22.5. The van der Waals surface area contributed by atoms with Crippen molar-refractivity contribution in [1.29, 1.82) is 0 Å². The number of hydrogen-bond acceptors (Lipinski definition) is 4. The lowest BCUT2D eigenvalue weighted by atomic mass is 10.1. The minimum absolute atomic E-state index is 0.223. The number of carbonyl (C=O) groups excluding carboxylic acids is 2. The normalized spacial score (nSPS) is 12.1. The Kier molecular flexibility index (Phi) is 19.1. The van der Waals surface area contributed by atoms with Crippen molar-refractivity contribution in [3.8, 4) is 0 Å². The fourth-order valence-corrected chi connectivity index (χ4v) is 3.05. The van der Waals surface area contributed by atoms with Crippen LogP contribution in [0.25, 0.3) is 0 Å². The molecule has 0 heterocycles. The summed E-state index contributed by atoms with van der Waals surface area (Å²) in [7, 11) is 0. The number of unbranched alkanes of at least 4 members (excludes halogenated alkanes) is 11. The molecule has 0 bridgehead atoms. The molecule has 0 aliphatic carbocycles. The van der Waals surface area contributed by atoms with Crippen molar-refractivity contribution in [1.82, 2.24) is 10.6 Å². The number of carboxylic acid groups (broad SMARTS) is 1. The first-order valence-electron chi connectivity index (χ1n) is 11.6.